The zero-order chi connectivity index (χ0) is 18.2. The number of fused-ring (bicyclic) bond motifs is 1. The molecule has 1 N–H and O–H groups in total. The van der Waals surface area contributed by atoms with Gasteiger partial charge >= 0.3 is 6.18 Å². The van der Waals surface area contributed by atoms with Gasteiger partial charge in [-0.2, -0.15) is 13.2 Å². The van der Waals surface area contributed by atoms with Crippen molar-refractivity contribution in [1.82, 2.24) is 14.7 Å². The van der Waals surface area contributed by atoms with Crippen molar-refractivity contribution in [3.8, 4) is 0 Å². The number of benzene rings is 1. The Labute approximate surface area is 143 Å². The van der Waals surface area contributed by atoms with Crippen LogP contribution in [0.3, 0.4) is 0 Å². The van der Waals surface area contributed by atoms with Gasteiger partial charge in [-0.15, -0.1) is 0 Å². The molecule has 0 spiro atoms. The fraction of sp³-hybridized carbons (Fsp3) is 0.467. The summed E-state index contributed by atoms with van der Waals surface area (Å²) in [6, 6.07) is 6.34. The fourth-order valence-electron chi connectivity index (χ4n) is 2.94. The van der Waals surface area contributed by atoms with Crippen LogP contribution in [0, 0.1) is 0 Å². The molecular formula is C15H17F3N4O2S. The Bertz CT molecular complexity index is 878. The molecule has 0 atom stereocenters. The molecule has 1 aromatic carbocycles. The van der Waals surface area contributed by atoms with E-state index in [2.05, 4.69) is 14.7 Å². The molecule has 3 rings (SSSR count). The van der Waals surface area contributed by atoms with E-state index in [4.69, 9.17) is 0 Å². The Morgan fingerprint density at radius 1 is 1.16 bits per heavy atom. The van der Waals surface area contributed by atoms with Gasteiger partial charge in [0.05, 0.1) is 11.8 Å². The number of nitrogens with zero attached hydrogens (tertiary/aromatic N) is 3. The second kappa shape index (κ2) is 6.41. The lowest BCUT2D eigenvalue weighted by Gasteiger charge is -2.33. The van der Waals surface area contributed by atoms with Gasteiger partial charge in [-0.05, 0) is 25.0 Å². The van der Waals surface area contributed by atoms with Crippen molar-refractivity contribution in [3.63, 3.8) is 0 Å². The van der Waals surface area contributed by atoms with Gasteiger partial charge in [-0.3, -0.25) is 0 Å². The van der Waals surface area contributed by atoms with Crippen molar-refractivity contribution in [1.29, 1.82) is 0 Å². The lowest BCUT2D eigenvalue weighted by molar-refractivity contribution is -0.144. The van der Waals surface area contributed by atoms with E-state index in [1.54, 1.807) is 23.1 Å². The third kappa shape index (κ3) is 4.18. The number of alkyl halides is 3. The summed E-state index contributed by atoms with van der Waals surface area (Å²) in [5.41, 5.74) is 0.233. The van der Waals surface area contributed by atoms with Crippen molar-refractivity contribution in [2.45, 2.75) is 25.1 Å². The van der Waals surface area contributed by atoms with E-state index in [0.717, 1.165) is 6.26 Å². The molecule has 10 heteroatoms. The summed E-state index contributed by atoms with van der Waals surface area (Å²) in [5, 5.41) is 0.546. The highest BCUT2D eigenvalue weighted by atomic mass is 32.2. The molecule has 6 nitrogen and oxygen atoms in total. The maximum Gasteiger partial charge on any atom is 0.451 e. The minimum Gasteiger partial charge on any atom is -0.356 e. The number of hydrogen-bond acceptors (Lipinski definition) is 5. The maximum atomic E-state index is 13.1. The largest absolute Gasteiger partial charge is 0.451 e. The fourth-order valence-corrected chi connectivity index (χ4v) is 3.78. The average Bonchev–Trinajstić information content (AvgIpc) is 2.52. The van der Waals surface area contributed by atoms with E-state index in [-0.39, 0.29) is 17.4 Å². The Morgan fingerprint density at radius 3 is 2.40 bits per heavy atom. The summed E-state index contributed by atoms with van der Waals surface area (Å²) in [7, 11) is -3.31. The number of hydrogen-bond donors (Lipinski definition) is 1. The Hall–Kier alpha value is -1.94. The average molecular weight is 374 g/mol. The van der Waals surface area contributed by atoms with Gasteiger partial charge in [0.15, 0.2) is 0 Å². The number of para-hydroxylation sites is 1. The molecular weight excluding hydrogens is 357 g/mol. The van der Waals surface area contributed by atoms with Crippen molar-refractivity contribution in [3.05, 3.63) is 30.1 Å². The first-order valence-electron chi connectivity index (χ1n) is 7.70. The van der Waals surface area contributed by atoms with E-state index < -0.39 is 22.0 Å². The first kappa shape index (κ1) is 17.9. The number of rotatable bonds is 3. The predicted molar refractivity (Wildman–Crippen MR) is 87.8 cm³/mol. The van der Waals surface area contributed by atoms with E-state index in [9.17, 15) is 21.6 Å². The smallest absolute Gasteiger partial charge is 0.356 e. The van der Waals surface area contributed by atoms with Crippen LogP contribution in [0.2, 0.25) is 0 Å². The lowest BCUT2D eigenvalue weighted by atomic mass is 10.1. The Kier molecular flexibility index (Phi) is 4.58. The standard InChI is InChI=1S/C15H17F3N4O2S/c1-25(23,24)21-10-6-8-22(9-7-10)13-11-4-2-3-5-12(11)19-14(20-13)15(16,17)18/h2-5,10,21H,6-9H2,1H3. The van der Waals surface area contributed by atoms with Gasteiger partial charge in [0.25, 0.3) is 0 Å². The van der Waals surface area contributed by atoms with Gasteiger partial charge in [0.2, 0.25) is 15.8 Å². The lowest BCUT2D eigenvalue weighted by Crippen LogP contribution is -2.44. The normalized spacial score (nSPS) is 17.2. The number of nitrogens with one attached hydrogen (secondary N) is 1. The van der Waals surface area contributed by atoms with Crippen LogP contribution in [0.25, 0.3) is 10.9 Å². The van der Waals surface area contributed by atoms with Crippen LogP contribution in [0.1, 0.15) is 18.7 Å². The van der Waals surface area contributed by atoms with Crippen LogP contribution in [0.4, 0.5) is 19.0 Å². The number of aromatic nitrogens is 2. The molecule has 136 valence electrons. The van der Waals surface area contributed by atoms with Crippen LogP contribution < -0.4 is 9.62 Å². The monoisotopic (exact) mass is 374 g/mol. The SMILES string of the molecule is CS(=O)(=O)NC1CCN(c2nc(C(F)(F)F)nc3ccccc23)CC1. The summed E-state index contributed by atoms with van der Waals surface area (Å²) >= 11 is 0. The molecule has 25 heavy (non-hydrogen) atoms. The topological polar surface area (TPSA) is 75.2 Å². The number of sulfonamides is 1. The quantitative estimate of drug-likeness (QED) is 0.891. The second-order valence-corrected chi connectivity index (χ2v) is 7.82. The van der Waals surface area contributed by atoms with Crippen molar-refractivity contribution in [2.24, 2.45) is 0 Å². The molecule has 1 aliphatic rings. The molecule has 1 saturated heterocycles. The van der Waals surface area contributed by atoms with Gasteiger partial charge < -0.3 is 4.90 Å². The second-order valence-electron chi connectivity index (χ2n) is 6.04. The molecule has 0 aliphatic carbocycles. The molecule has 0 saturated carbocycles. The number of piperidine rings is 1. The third-order valence-corrected chi connectivity index (χ3v) is 4.77. The minimum absolute atomic E-state index is 0.221. The summed E-state index contributed by atoms with van der Waals surface area (Å²) in [5.74, 6) is -0.937. The predicted octanol–water partition coefficient (Wildman–Crippen LogP) is 2.17. The molecule has 0 amide bonds. The van der Waals surface area contributed by atoms with Crippen LogP contribution >= 0.6 is 0 Å². The van der Waals surface area contributed by atoms with Gasteiger partial charge in [-0.25, -0.2) is 23.1 Å². The van der Waals surface area contributed by atoms with Crippen molar-refractivity contribution < 1.29 is 21.6 Å². The molecule has 0 unspecified atom stereocenters. The highest BCUT2D eigenvalue weighted by Gasteiger charge is 2.36. The van der Waals surface area contributed by atoms with Crippen LogP contribution in [0.5, 0.6) is 0 Å². The summed E-state index contributed by atoms with van der Waals surface area (Å²) in [4.78, 5) is 9.11. The molecule has 2 heterocycles. The van der Waals surface area contributed by atoms with Crippen molar-refractivity contribution >= 4 is 26.7 Å². The van der Waals surface area contributed by atoms with E-state index in [1.807, 2.05) is 0 Å². The highest BCUT2D eigenvalue weighted by Crippen LogP contribution is 2.32. The molecule has 0 radical (unpaired) electrons. The number of anilines is 1. The minimum atomic E-state index is -4.63. The van der Waals surface area contributed by atoms with Gasteiger partial charge in [0.1, 0.15) is 5.82 Å². The molecule has 1 fully saturated rings. The van der Waals surface area contributed by atoms with E-state index in [1.165, 1.54) is 6.07 Å². The maximum absolute atomic E-state index is 13.1. The van der Waals surface area contributed by atoms with Crippen LogP contribution in [0.15, 0.2) is 24.3 Å². The Balaban J connectivity index is 1.91. The third-order valence-electron chi connectivity index (χ3n) is 4.01. The summed E-state index contributed by atoms with van der Waals surface area (Å²) in [6.45, 7) is 0.816. The first-order valence-corrected chi connectivity index (χ1v) is 9.59. The highest BCUT2D eigenvalue weighted by molar-refractivity contribution is 7.88. The molecule has 2 aromatic rings. The zero-order valence-electron chi connectivity index (χ0n) is 13.4. The summed E-state index contributed by atoms with van der Waals surface area (Å²) in [6.07, 6.45) is -2.55. The van der Waals surface area contributed by atoms with Crippen molar-refractivity contribution in [2.75, 3.05) is 24.2 Å². The van der Waals surface area contributed by atoms with Gasteiger partial charge in [-0.1, -0.05) is 12.1 Å². The van der Waals surface area contributed by atoms with Crippen LogP contribution in [-0.4, -0.2) is 43.8 Å². The van der Waals surface area contributed by atoms with E-state index in [0.29, 0.717) is 31.3 Å². The summed E-state index contributed by atoms with van der Waals surface area (Å²) < 4.78 is 64.4. The molecule has 1 aliphatic heterocycles. The number of halogens is 3. The molecule has 1 aromatic heterocycles. The molecule has 0 bridgehead atoms. The van der Waals surface area contributed by atoms with Gasteiger partial charge in [0, 0.05) is 24.5 Å². The Morgan fingerprint density at radius 2 is 1.80 bits per heavy atom. The van der Waals surface area contributed by atoms with E-state index >= 15 is 0 Å². The van der Waals surface area contributed by atoms with Crippen LogP contribution in [-0.2, 0) is 16.2 Å². The zero-order valence-corrected chi connectivity index (χ0v) is 14.2. The first-order chi connectivity index (χ1) is 11.6.